The molecule has 0 aliphatic rings. The second kappa shape index (κ2) is 7.44. The Balaban J connectivity index is 2.13. The lowest BCUT2D eigenvalue weighted by atomic mass is 10.0. The van der Waals surface area contributed by atoms with Crippen molar-refractivity contribution < 1.29 is 4.52 Å². The van der Waals surface area contributed by atoms with Gasteiger partial charge in [-0.1, -0.05) is 41.6 Å². The molecule has 134 valence electrons. The van der Waals surface area contributed by atoms with Gasteiger partial charge in [0.05, 0.1) is 23.3 Å². The van der Waals surface area contributed by atoms with Crippen LogP contribution in [0.3, 0.4) is 0 Å². The highest BCUT2D eigenvalue weighted by molar-refractivity contribution is 5.83. The number of hydrogen-bond donors (Lipinski definition) is 1. The summed E-state index contributed by atoms with van der Waals surface area (Å²) < 4.78 is 7.04. The molecule has 1 aromatic carbocycles. The van der Waals surface area contributed by atoms with Crippen LogP contribution in [0.2, 0.25) is 0 Å². The van der Waals surface area contributed by atoms with Crippen molar-refractivity contribution in [2.45, 2.75) is 34.2 Å². The van der Waals surface area contributed by atoms with Crippen molar-refractivity contribution in [3.8, 4) is 11.1 Å². The van der Waals surface area contributed by atoms with Gasteiger partial charge in [-0.3, -0.25) is 4.57 Å². The van der Waals surface area contributed by atoms with E-state index in [1.807, 2.05) is 76.3 Å². The van der Waals surface area contributed by atoms with Crippen LogP contribution in [0.15, 0.2) is 63.5 Å². The zero-order valence-electron chi connectivity index (χ0n) is 15.5. The number of nitrogens with one attached hydrogen (secondary N) is 1. The number of H-pyrrole nitrogens is 1. The topological polar surface area (TPSA) is 63.8 Å². The van der Waals surface area contributed by atoms with Gasteiger partial charge < -0.3 is 9.51 Å². The molecule has 5 nitrogen and oxygen atoms in total. The third-order valence-corrected chi connectivity index (χ3v) is 4.32. The first-order valence-electron chi connectivity index (χ1n) is 8.65. The fourth-order valence-corrected chi connectivity index (χ4v) is 3.14. The number of rotatable bonds is 5. The smallest absolute Gasteiger partial charge is 0.326 e. The zero-order valence-corrected chi connectivity index (χ0v) is 15.5. The van der Waals surface area contributed by atoms with Gasteiger partial charge in [0.2, 0.25) is 0 Å². The number of allylic oxidation sites excluding steroid dienone is 6. The Kier molecular flexibility index (Phi) is 5.07. The van der Waals surface area contributed by atoms with Crippen molar-refractivity contribution in [3.05, 3.63) is 76.1 Å². The second-order valence-corrected chi connectivity index (χ2v) is 6.21. The van der Waals surface area contributed by atoms with Crippen LogP contribution in [0.5, 0.6) is 0 Å². The van der Waals surface area contributed by atoms with Gasteiger partial charge >= 0.3 is 5.69 Å². The van der Waals surface area contributed by atoms with Crippen molar-refractivity contribution in [2.75, 3.05) is 0 Å². The van der Waals surface area contributed by atoms with E-state index in [0.29, 0.717) is 6.54 Å². The molecule has 0 saturated heterocycles. The third kappa shape index (κ3) is 3.33. The molecule has 0 amide bonds. The SMILES string of the molecule is CC=CC=C(C=CC)Cn1c(=O)[nH]c2ccc(-c3c(C)noc3C)cc21. The number of nitrogens with zero attached hydrogens (tertiary/aromatic N) is 2. The molecule has 0 bridgehead atoms. The van der Waals surface area contributed by atoms with Crippen LogP contribution >= 0.6 is 0 Å². The van der Waals surface area contributed by atoms with Crippen LogP contribution in [-0.4, -0.2) is 14.7 Å². The molecule has 3 aromatic rings. The zero-order chi connectivity index (χ0) is 18.7. The Morgan fingerprint density at radius 1 is 1.27 bits per heavy atom. The first-order valence-corrected chi connectivity index (χ1v) is 8.65. The average Bonchev–Trinajstić information content (AvgIpc) is 3.11. The van der Waals surface area contributed by atoms with Crippen LogP contribution in [0.1, 0.15) is 25.3 Å². The van der Waals surface area contributed by atoms with E-state index in [9.17, 15) is 4.79 Å². The number of hydrogen-bond acceptors (Lipinski definition) is 3. The summed E-state index contributed by atoms with van der Waals surface area (Å²) in [5.74, 6) is 0.772. The van der Waals surface area contributed by atoms with E-state index in [-0.39, 0.29) is 5.69 Å². The van der Waals surface area contributed by atoms with E-state index in [0.717, 1.165) is 39.2 Å². The molecule has 1 N–H and O–H groups in total. The van der Waals surface area contributed by atoms with E-state index in [1.165, 1.54) is 0 Å². The lowest BCUT2D eigenvalue weighted by Gasteiger charge is -2.06. The first-order chi connectivity index (χ1) is 12.5. The maximum atomic E-state index is 12.5. The van der Waals surface area contributed by atoms with E-state index < -0.39 is 0 Å². The number of aryl methyl sites for hydroxylation is 2. The fourth-order valence-electron chi connectivity index (χ4n) is 3.14. The lowest BCUT2D eigenvalue weighted by Crippen LogP contribution is -2.17. The Morgan fingerprint density at radius 3 is 2.73 bits per heavy atom. The van der Waals surface area contributed by atoms with E-state index in [1.54, 1.807) is 4.57 Å². The van der Waals surface area contributed by atoms with Crippen LogP contribution < -0.4 is 5.69 Å². The lowest BCUT2D eigenvalue weighted by molar-refractivity contribution is 0.393. The van der Waals surface area contributed by atoms with Crippen molar-refractivity contribution in [3.63, 3.8) is 0 Å². The molecule has 2 aromatic heterocycles. The summed E-state index contributed by atoms with van der Waals surface area (Å²) in [6, 6.07) is 5.93. The van der Waals surface area contributed by atoms with Crippen molar-refractivity contribution in [1.29, 1.82) is 0 Å². The highest BCUT2D eigenvalue weighted by Gasteiger charge is 2.14. The molecule has 3 rings (SSSR count). The van der Waals surface area contributed by atoms with E-state index in [4.69, 9.17) is 4.52 Å². The largest absolute Gasteiger partial charge is 0.361 e. The molecular formula is C21H23N3O2. The Labute approximate surface area is 152 Å². The normalized spacial score (nSPS) is 12.8. The Morgan fingerprint density at radius 2 is 2.08 bits per heavy atom. The van der Waals surface area contributed by atoms with Crippen molar-refractivity contribution >= 4 is 11.0 Å². The monoisotopic (exact) mass is 349 g/mol. The first kappa shape index (κ1) is 17.7. The molecule has 0 aliphatic heterocycles. The van der Waals surface area contributed by atoms with Gasteiger partial charge in [-0.05, 0) is 51.0 Å². The van der Waals surface area contributed by atoms with Gasteiger partial charge in [-0.2, -0.15) is 0 Å². The van der Waals surface area contributed by atoms with Gasteiger partial charge in [0, 0.05) is 5.56 Å². The molecule has 0 spiro atoms. The minimum Gasteiger partial charge on any atom is -0.361 e. The molecule has 2 heterocycles. The van der Waals surface area contributed by atoms with Gasteiger partial charge in [-0.15, -0.1) is 0 Å². The standard InChI is InChI=1S/C21H23N3O2/c1-5-7-9-16(8-6-2)13-24-19-12-17(10-11-18(19)22-21(24)25)20-14(3)23-26-15(20)4/h5-12H,13H2,1-4H3,(H,22,25). The van der Waals surface area contributed by atoms with Crippen molar-refractivity contribution in [1.82, 2.24) is 14.7 Å². The number of aromatic nitrogens is 3. The summed E-state index contributed by atoms with van der Waals surface area (Å²) in [7, 11) is 0. The van der Waals surface area contributed by atoms with Gasteiger partial charge in [0.1, 0.15) is 5.76 Å². The molecule has 0 radical (unpaired) electrons. The Bertz CT molecular complexity index is 1060. The van der Waals surface area contributed by atoms with Gasteiger partial charge in [-0.25, -0.2) is 4.79 Å². The number of fused-ring (bicyclic) bond motifs is 1. The van der Waals surface area contributed by atoms with Crippen LogP contribution in [0.4, 0.5) is 0 Å². The number of benzene rings is 1. The quantitative estimate of drug-likeness (QED) is 0.680. The predicted molar refractivity (Wildman–Crippen MR) is 105 cm³/mol. The summed E-state index contributed by atoms with van der Waals surface area (Å²) in [5, 5.41) is 4.03. The predicted octanol–water partition coefficient (Wildman–Crippen LogP) is 4.68. The molecule has 0 aliphatic carbocycles. The summed E-state index contributed by atoms with van der Waals surface area (Å²) >= 11 is 0. The summed E-state index contributed by atoms with van der Waals surface area (Å²) in [4.78, 5) is 15.4. The maximum absolute atomic E-state index is 12.5. The number of imidazole rings is 1. The van der Waals surface area contributed by atoms with Crippen LogP contribution in [0, 0.1) is 13.8 Å². The average molecular weight is 349 g/mol. The highest BCUT2D eigenvalue weighted by atomic mass is 16.5. The van der Waals surface area contributed by atoms with E-state index in [2.05, 4.69) is 10.1 Å². The second-order valence-electron chi connectivity index (χ2n) is 6.21. The Hall–Kier alpha value is -3.08. The molecule has 5 heteroatoms. The summed E-state index contributed by atoms with van der Waals surface area (Å²) in [5.41, 5.74) is 5.42. The van der Waals surface area contributed by atoms with Crippen LogP contribution in [0.25, 0.3) is 22.2 Å². The summed E-state index contributed by atoms with van der Waals surface area (Å²) in [6.45, 7) is 8.26. The summed E-state index contributed by atoms with van der Waals surface area (Å²) in [6.07, 6.45) is 9.96. The molecule has 0 fully saturated rings. The van der Waals surface area contributed by atoms with Gasteiger partial charge in [0.25, 0.3) is 0 Å². The maximum Gasteiger partial charge on any atom is 0.326 e. The number of aromatic amines is 1. The third-order valence-electron chi connectivity index (χ3n) is 4.32. The molecule has 0 saturated carbocycles. The highest BCUT2D eigenvalue weighted by Crippen LogP contribution is 2.29. The molecular weight excluding hydrogens is 326 g/mol. The van der Waals surface area contributed by atoms with Gasteiger partial charge in [0.15, 0.2) is 0 Å². The molecule has 0 atom stereocenters. The van der Waals surface area contributed by atoms with Crippen LogP contribution in [-0.2, 0) is 6.54 Å². The van der Waals surface area contributed by atoms with E-state index >= 15 is 0 Å². The minimum absolute atomic E-state index is 0.119. The molecule has 26 heavy (non-hydrogen) atoms. The fraction of sp³-hybridized carbons (Fsp3) is 0.238. The van der Waals surface area contributed by atoms with Crippen molar-refractivity contribution in [2.24, 2.45) is 0 Å². The minimum atomic E-state index is -0.119. The molecule has 0 unspecified atom stereocenters.